The van der Waals surface area contributed by atoms with E-state index in [4.69, 9.17) is 0 Å². The lowest BCUT2D eigenvalue weighted by Crippen LogP contribution is -2.43. The van der Waals surface area contributed by atoms with E-state index in [2.05, 4.69) is 16.6 Å². The summed E-state index contributed by atoms with van der Waals surface area (Å²) in [6, 6.07) is 5.77. The first-order chi connectivity index (χ1) is 9.03. The van der Waals surface area contributed by atoms with E-state index < -0.39 is 22.0 Å². The molecule has 0 aliphatic carbocycles. The van der Waals surface area contributed by atoms with E-state index in [1.807, 2.05) is 0 Å². The van der Waals surface area contributed by atoms with Crippen molar-refractivity contribution in [2.24, 2.45) is 0 Å². The van der Waals surface area contributed by atoms with Gasteiger partial charge in [-0.05, 0) is 37.1 Å². The van der Waals surface area contributed by atoms with Crippen LogP contribution in [0, 0.1) is 0 Å². The Morgan fingerprint density at radius 2 is 2.05 bits per heavy atom. The first kappa shape index (κ1) is 13.8. The van der Waals surface area contributed by atoms with Crippen LogP contribution in [0.15, 0.2) is 35.7 Å². The molecule has 0 radical (unpaired) electrons. The Hall–Kier alpha value is -1.66. The zero-order valence-electron chi connectivity index (χ0n) is 10.4. The van der Waals surface area contributed by atoms with E-state index in [9.17, 15) is 13.2 Å². The Labute approximate surface area is 112 Å². The molecule has 1 aliphatic heterocycles. The lowest BCUT2D eigenvalue weighted by molar-refractivity contribution is -0.121. The van der Waals surface area contributed by atoms with Gasteiger partial charge in [0.25, 0.3) is 15.9 Å². The number of rotatable bonds is 4. The fourth-order valence-electron chi connectivity index (χ4n) is 1.95. The van der Waals surface area contributed by atoms with Crippen LogP contribution in [-0.4, -0.2) is 26.9 Å². The highest BCUT2D eigenvalue weighted by atomic mass is 32.2. The van der Waals surface area contributed by atoms with Crippen LogP contribution < -0.4 is 10.0 Å². The lowest BCUT2D eigenvalue weighted by Gasteiger charge is -2.11. The van der Waals surface area contributed by atoms with Gasteiger partial charge in [0, 0.05) is 0 Å². The summed E-state index contributed by atoms with van der Waals surface area (Å²) in [5.74, 6) is -0.495. The number of hydrogen-bond acceptors (Lipinski definition) is 4. The average molecular weight is 280 g/mol. The standard InChI is InChI=1S/C13H16N2O3S/c1-2-10-5-7-11(8-6-10)19(17,18)15-13(16)12-4-3-9-14-12/h2,5-8,12,14H,1,3-4,9H2,(H,15,16)/t12-/m0/s1. The summed E-state index contributed by atoms with van der Waals surface area (Å²) >= 11 is 0. The van der Waals surface area contributed by atoms with Crippen molar-refractivity contribution in [2.75, 3.05) is 6.54 Å². The molecule has 2 rings (SSSR count). The van der Waals surface area contributed by atoms with Crippen LogP contribution in [-0.2, 0) is 14.8 Å². The predicted molar refractivity (Wildman–Crippen MR) is 72.9 cm³/mol. The van der Waals surface area contributed by atoms with Gasteiger partial charge in [-0.15, -0.1) is 0 Å². The number of sulfonamides is 1. The molecule has 1 amide bonds. The second-order valence-electron chi connectivity index (χ2n) is 4.39. The zero-order valence-corrected chi connectivity index (χ0v) is 11.2. The zero-order chi connectivity index (χ0) is 13.9. The first-order valence-corrected chi connectivity index (χ1v) is 7.54. The van der Waals surface area contributed by atoms with Gasteiger partial charge in [-0.3, -0.25) is 4.79 Å². The van der Waals surface area contributed by atoms with Gasteiger partial charge >= 0.3 is 0 Å². The Morgan fingerprint density at radius 1 is 1.37 bits per heavy atom. The highest BCUT2D eigenvalue weighted by Gasteiger charge is 2.26. The van der Waals surface area contributed by atoms with Crippen LogP contribution >= 0.6 is 0 Å². The molecule has 2 N–H and O–H groups in total. The van der Waals surface area contributed by atoms with Gasteiger partial charge in [0.15, 0.2) is 0 Å². The maximum atomic E-state index is 12.0. The number of amides is 1. The topological polar surface area (TPSA) is 75.3 Å². The van der Waals surface area contributed by atoms with Gasteiger partial charge in [-0.25, -0.2) is 13.1 Å². The molecule has 102 valence electrons. The van der Waals surface area contributed by atoms with E-state index in [0.717, 1.165) is 18.5 Å². The minimum atomic E-state index is -3.80. The Kier molecular flexibility index (Phi) is 4.01. The highest BCUT2D eigenvalue weighted by molar-refractivity contribution is 7.90. The maximum absolute atomic E-state index is 12.0. The Morgan fingerprint density at radius 3 is 2.58 bits per heavy atom. The van der Waals surface area contributed by atoms with Gasteiger partial charge in [0.05, 0.1) is 10.9 Å². The van der Waals surface area contributed by atoms with Gasteiger partial charge in [0.1, 0.15) is 0 Å². The second-order valence-corrected chi connectivity index (χ2v) is 6.07. The SMILES string of the molecule is C=Cc1ccc(S(=O)(=O)NC(=O)[C@@H]2CCCN2)cc1. The predicted octanol–water partition coefficient (Wildman–Crippen LogP) is 0.886. The molecule has 0 aromatic heterocycles. The molecule has 1 heterocycles. The van der Waals surface area contributed by atoms with E-state index in [1.165, 1.54) is 12.1 Å². The van der Waals surface area contributed by atoms with Gasteiger partial charge in [0.2, 0.25) is 0 Å². The van der Waals surface area contributed by atoms with E-state index in [0.29, 0.717) is 6.42 Å². The van der Waals surface area contributed by atoms with Crippen LogP contribution in [0.5, 0.6) is 0 Å². The summed E-state index contributed by atoms with van der Waals surface area (Å²) < 4.78 is 26.1. The van der Waals surface area contributed by atoms with E-state index >= 15 is 0 Å². The summed E-state index contributed by atoms with van der Waals surface area (Å²) in [6.45, 7) is 4.34. The molecule has 1 atom stereocenters. The average Bonchev–Trinajstić information content (AvgIpc) is 2.92. The third kappa shape index (κ3) is 3.21. The van der Waals surface area contributed by atoms with Gasteiger partial charge in [-0.2, -0.15) is 0 Å². The second kappa shape index (κ2) is 5.54. The lowest BCUT2D eigenvalue weighted by atomic mass is 10.2. The number of carbonyl (C=O) groups excluding carboxylic acids is 1. The van der Waals surface area contributed by atoms with Crippen molar-refractivity contribution in [3.63, 3.8) is 0 Å². The molecule has 1 aromatic rings. The number of nitrogens with one attached hydrogen (secondary N) is 2. The Bertz CT molecular complexity index is 572. The van der Waals surface area contributed by atoms with Crippen molar-refractivity contribution in [3.8, 4) is 0 Å². The molecule has 1 aromatic carbocycles. The van der Waals surface area contributed by atoms with Crippen molar-refractivity contribution in [3.05, 3.63) is 36.4 Å². The Balaban J connectivity index is 2.12. The first-order valence-electron chi connectivity index (χ1n) is 6.05. The van der Waals surface area contributed by atoms with E-state index in [1.54, 1.807) is 18.2 Å². The molecule has 6 heteroatoms. The number of benzene rings is 1. The van der Waals surface area contributed by atoms with Crippen molar-refractivity contribution in [2.45, 2.75) is 23.8 Å². The normalized spacial score (nSPS) is 19.1. The molecular formula is C13H16N2O3S. The number of carbonyl (C=O) groups is 1. The van der Waals surface area contributed by atoms with Crippen molar-refractivity contribution < 1.29 is 13.2 Å². The van der Waals surface area contributed by atoms with Crippen molar-refractivity contribution in [1.82, 2.24) is 10.0 Å². The molecule has 19 heavy (non-hydrogen) atoms. The van der Waals surface area contributed by atoms with Crippen LogP contribution in [0.2, 0.25) is 0 Å². The van der Waals surface area contributed by atoms with Gasteiger partial charge in [-0.1, -0.05) is 24.8 Å². The summed E-state index contributed by atoms with van der Waals surface area (Å²) in [7, 11) is -3.80. The third-order valence-corrected chi connectivity index (χ3v) is 4.40. The van der Waals surface area contributed by atoms with E-state index in [-0.39, 0.29) is 4.90 Å². The number of hydrogen-bond donors (Lipinski definition) is 2. The van der Waals surface area contributed by atoms with Crippen LogP contribution in [0.3, 0.4) is 0 Å². The van der Waals surface area contributed by atoms with Crippen LogP contribution in [0.1, 0.15) is 18.4 Å². The van der Waals surface area contributed by atoms with Crippen molar-refractivity contribution >= 4 is 22.0 Å². The quantitative estimate of drug-likeness (QED) is 0.859. The summed E-state index contributed by atoms with van der Waals surface area (Å²) in [5.41, 5.74) is 0.822. The minimum Gasteiger partial charge on any atom is -0.306 e. The van der Waals surface area contributed by atoms with Crippen LogP contribution in [0.25, 0.3) is 6.08 Å². The smallest absolute Gasteiger partial charge is 0.264 e. The molecule has 0 spiro atoms. The van der Waals surface area contributed by atoms with Gasteiger partial charge < -0.3 is 5.32 Å². The third-order valence-electron chi connectivity index (χ3n) is 3.04. The summed E-state index contributed by atoms with van der Waals surface area (Å²) in [6.07, 6.45) is 3.17. The fraction of sp³-hybridized carbons (Fsp3) is 0.308. The summed E-state index contributed by atoms with van der Waals surface area (Å²) in [5, 5.41) is 2.96. The molecule has 0 unspecified atom stereocenters. The minimum absolute atomic E-state index is 0.0736. The molecule has 5 nitrogen and oxygen atoms in total. The maximum Gasteiger partial charge on any atom is 0.264 e. The molecule has 1 saturated heterocycles. The fourth-order valence-corrected chi connectivity index (χ4v) is 2.97. The highest BCUT2D eigenvalue weighted by Crippen LogP contribution is 2.12. The van der Waals surface area contributed by atoms with Crippen LogP contribution in [0.4, 0.5) is 0 Å². The largest absolute Gasteiger partial charge is 0.306 e. The summed E-state index contributed by atoms with van der Waals surface area (Å²) in [4.78, 5) is 11.9. The monoisotopic (exact) mass is 280 g/mol. The molecule has 0 bridgehead atoms. The molecule has 1 aliphatic rings. The van der Waals surface area contributed by atoms with Crippen molar-refractivity contribution in [1.29, 1.82) is 0 Å². The molecular weight excluding hydrogens is 264 g/mol. The molecule has 0 saturated carbocycles. The molecule has 1 fully saturated rings.